The summed E-state index contributed by atoms with van der Waals surface area (Å²) in [4.78, 5) is 50.3. The molecule has 2 aliphatic heterocycles. The molecular formula is C49H34Cl4N4O3S. The second-order valence-electron chi connectivity index (χ2n) is 15.1. The van der Waals surface area contributed by atoms with Crippen LogP contribution in [0.25, 0.3) is 6.08 Å². The van der Waals surface area contributed by atoms with Crippen molar-refractivity contribution in [3.8, 4) is 0 Å². The lowest BCUT2D eigenvalue weighted by atomic mass is 9.48. The quantitative estimate of drug-likeness (QED) is 0.123. The van der Waals surface area contributed by atoms with Crippen LogP contribution in [0, 0.1) is 11.3 Å². The number of thiocarbonyl (C=S) groups is 1. The molecule has 12 heteroatoms. The number of rotatable bonds is 6. The molecule has 1 saturated heterocycles. The van der Waals surface area contributed by atoms with Gasteiger partial charge in [-0.2, -0.15) is 5.10 Å². The van der Waals surface area contributed by atoms with Crippen molar-refractivity contribution >= 4 is 105 Å². The first-order valence-electron chi connectivity index (χ1n) is 19.4. The Hall–Kier alpha value is -5.61. The molecule has 0 radical (unpaired) electrons. The van der Waals surface area contributed by atoms with E-state index in [9.17, 15) is 4.79 Å². The number of anilines is 2. The first-order chi connectivity index (χ1) is 29.5. The SMILES string of the molecule is CC(=O)N1N=C2/C(=C\c3ccc(Cl)cc3)C(c3ccc(Cl)cc3)C3(C(=O)N(c4ccccc4)C(=S)N(c4ccccc4)C3=O)C(c3ccc(Cl)cc3)C2C1c1ccc(Cl)cc1. The number of hydrogen-bond acceptors (Lipinski definition) is 5. The molecule has 2 fully saturated rings. The summed E-state index contributed by atoms with van der Waals surface area (Å²) in [5.41, 5.74) is 2.69. The maximum Gasteiger partial charge on any atom is 0.250 e. The van der Waals surface area contributed by atoms with Gasteiger partial charge in [0.25, 0.3) is 11.8 Å². The summed E-state index contributed by atoms with van der Waals surface area (Å²) in [6.07, 6.45) is 1.94. The number of carbonyl (C=O) groups is 3. The molecule has 1 saturated carbocycles. The molecule has 3 amide bonds. The number of allylic oxidation sites excluding steroid dienone is 1. The smallest absolute Gasteiger partial charge is 0.250 e. The Balaban J connectivity index is 1.47. The predicted molar refractivity (Wildman–Crippen MR) is 248 cm³/mol. The zero-order chi connectivity index (χ0) is 42.6. The summed E-state index contributed by atoms with van der Waals surface area (Å²) in [7, 11) is 0. The van der Waals surface area contributed by atoms with Crippen molar-refractivity contribution in [3.05, 3.63) is 206 Å². The molecule has 4 atom stereocenters. The van der Waals surface area contributed by atoms with Crippen molar-refractivity contribution in [2.45, 2.75) is 24.8 Å². The molecule has 0 aromatic heterocycles. The molecule has 4 unspecified atom stereocenters. The lowest BCUT2D eigenvalue weighted by Crippen LogP contribution is -2.71. The van der Waals surface area contributed by atoms with E-state index in [4.69, 9.17) is 63.7 Å². The Morgan fingerprint density at radius 1 is 0.607 bits per heavy atom. The highest BCUT2D eigenvalue weighted by molar-refractivity contribution is 7.81. The zero-order valence-corrected chi connectivity index (χ0v) is 36.2. The number of amides is 3. The molecular weight excluding hydrogens is 866 g/mol. The Bertz CT molecular complexity index is 2690. The van der Waals surface area contributed by atoms with Gasteiger partial charge >= 0.3 is 0 Å². The monoisotopic (exact) mass is 898 g/mol. The maximum absolute atomic E-state index is 16.7. The number of hydrazone groups is 1. The van der Waals surface area contributed by atoms with Crippen LogP contribution in [0.3, 0.4) is 0 Å². The normalized spacial score (nSPS) is 21.5. The molecule has 0 bridgehead atoms. The minimum Gasteiger partial charge on any atom is -0.273 e. The number of benzene rings is 6. The molecule has 6 aromatic carbocycles. The number of halogens is 4. The Kier molecular flexibility index (Phi) is 10.9. The van der Waals surface area contributed by atoms with Gasteiger partial charge in [0.1, 0.15) is 5.41 Å². The van der Waals surface area contributed by atoms with Gasteiger partial charge in [0.15, 0.2) is 5.11 Å². The summed E-state index contributed by atoms with van der Waals surface area (Å²) < 4.78 is 0. The second kappa shape index (κ2) is 16.3. The topological polar surface area (TPSA) is 73.3 Å². The van der Waals surface area contributed by atoms with Crippen molar-refractivity contribution in [2.75, 3.05) is 9.80 Å². The third kappa shape index (κ3) is 6.97. The molecule has 1 aliphatic carbocycles. The average molecular weight is 901 g/mol. The summed E-state index contributed by atoms with van der Waals surface area (Å²) in [5.74, 6) is -4.27. The molecule has 302 valence electrons. The van der Waals surface area contributed by atoms with E-state index in [0.29, 0.717) is 59.4 Å². The minimum atomic E-state index is -2.03. The van der Waals surface area contributed by atoms with E-state index in [1.54, 1.807) is 72.8 Å². The van der Waals surface area contributed by atoms with Gasteiger partial charge in [-0.25, -0.2) is 5.01 Å². The van der Waals surface area contributed by atoms with Crippen molar-refractivity contribution in [3.63, 3.8) is 0 Å². The van der Waals surface area contributed by atoms with E-state index in [1.165, 1.54) is 21.7 Å². The van der Waals surface area contributed by atoms with Gasteiger partial charge in [-0.05, 0) is 119 Å². The summed E-state index contributed by atoms with van der Waals surface area (Å²) in [6.45, 7) is 1.46. The van der Waals surface area contributed by atoms with Gasteiger partial charge in [0.05, 0.1) is 23.1 Å². The number of carbonyl (C=O) groups excluding carboxylic acids is 3. The number of nitrogens with zero attached hydrogens (tertiary/aromatic N) is 4. The van der Waals surface area contributed by atoms with E-state index < -0.39 is 41.0 Å². The third-order valence-corrected chi connectivity index (χ3v) is 13.1. The second-order valence-corrected chi connectivity index (χ2v) is 17.3. The van der Waals surface area contributed by atoms with E-state index in [1.807, 2.05) is 91.0 Å². The molecule has 3 aliphatic rings. The van der Waals surface area contributed by atoms with Crippen LogP contribution in [-0.2, 0) is 14.4 Å². The van der Waals surface area contributed by atoms with Crippen LogP contribution in [0.2, 0.25) is 20.1 Å². The fourth-order valence-electron chi connectivity index (χ4n) is 9.26. The van der Waals surface area contributed by atoms with Crippen LogP contribution in [0.15, 0.2) is 168 Å². The van der Waals surface area contributed by atoms with E-state index in [-0.39, 0.29) is 11.0 Å². The van der Waals surface area contributed by atoms with Crippen LogP contribution >= 0.6 is 58.6 Å². The third-order valence-electron chi connectivity index (χ3n) is 11.7. The van der Waals surface area contributed by atoms with E-state index in [0.717, 1.165) is 5.56 Å². The fourth-order valence-corrected chi connectivity index (χ4v) is 10.1. The number of para-hydroxylation sites is 2. The minimum absolute atomic E-state index is 0.00327. The van der Waals surface area contributed by atoms with Gasteiger partial charge in [0, 0.05) is 44.8 Å². The van der Waals surface area contributed by atoms with Crippen molar-refractivity contribution in [1.82, 2.24) is 5.01 Å². The Morgan fingerprint density at radius 3 is 1.49 bits per heavy atom. The fraction of sp³-hybridized carbons (Fsp3) is 0.122. The summed E-state index contributed by atoms with van der Waals surface area (Å²) in [6, 6.07) is 46.3. The van der Waals surface area contributed by atoms with Crippen LogP contribution in [-0.4, -0.2) is 33.6 Å². The van der Waals surface area contributed by atoms with Crippen LogP contribution in [0.4, 0.5) is 11.4 Å². The lowest BCUT2D eigenvalue weighted by molar-refractivity contribution is -0.145. The Labute approximate surface area is 378 Å². The van der Waals surface area contributed by atoms with Crippen molar-refractivity contribution in [1.29, 1.82) is 0 Å². The predicted octanol–water partition coefficient (Wildman–Crippen LogP) is 12.2. The lowest BCUT2D eigenvalue weighted by Gasteiger charge is -2.57. The Morgan fingerprint density at radius 2 is 1.03 bits per heavy atom. The highest BCUT2D eigenvalue weighted by Gasteiger charge is 2.72. The van der Waals surface area contributed by atoms with Gasteiger partial charge in [-0.15, -0.1) is 0 Å². The van der Waals surface area contributed by atoms with Gasteiger partial charge < -0.3 is 0 Å². The van der Waals surface area contributed by atoms with E-state index >= 15 is 9.59 Å². The zero-order valence-electron chi connectivity index (χ0n) is 32.3. The molecule has 7 nitrogen and oxygen atoms in total. The maximum atomic E-state index is 16.7. The molecule has 61 heavy (non-hydrogen) atoms. The van der Waals surface area contributed by atoms with Gasteiger partial charge in [-0.3, -0.25) is 24.2 Å². The first kappa shape index (κ1) is 40.8. The van der Waals surface area contributed by atoms with Crippen molar-refractivity contribution in [2.24, 2.45) is 16.4 Å². The molecule has 2 heterocycles. The highest BCUT2D eigenvalue weighted by atomic mass is 35.5. The number of hydrogen-bond donors (Lipinski definition) is 0. The highest BCUT2D eigenvalue weighted by Crippen LogP contribution is 2.66. The molecule has 0 N–H and O–H groups in total. The molecule has 9 rings (SSSR count). The molecule has 1 spiro atoms. The van der Waals surface area contributed by atoms with Gasteiger partial charge in [0.2, 0.25) is 5.91 Å². The van der Waals surface area contributed by atoms with Crippen LogP contribution < -0.4 is 9.80 Å². The largest absolute Gasteiger partial charge is 0.273 e. The number of fused-ring (bicyclic) bond motifs is 1. The standard InChI is InChI=1S/C49H34Cl4N4O3S/c1-29(58)57-45(33-18-26-37(53)27-19-33)41-43(32-16-24-36(52)25-17-32)49(42(31-14-22-35(51)23-15-31)40(44(41)54-57)28-30-12-20-34(50)21-13-30)46(59)55(38-8-4-2-5-9-38)48(61)56(47(49)60)39-10-6-3-7-11-39/h2-28,41-43,45H,1H3/b40-28-. The average Bonchev–Trinajstić information content (AvgIpc) is 3.66. The summed E-state index contributed by atoms with van der Waals surface area (Å²) in [5, 5.41) is 8.64. The van der Waals surface area contributed by atoms with Gasteiger partial charge in [-0.1, -0.05) is 131 Å². The van der Waals surface area contributed by atoms with Crippen LogP contribution in [0.1, 0.15) is 47.1 Å². The van der Waals surface area contributed by atoms with E-state index in [2.05, 4.69) is 0 Å². The first-order valence-corrected chi connectivity index (χ1v) is 21.4. The van der Waals surface area contributed by atoms with Crippen LogP contribution in [0.5, 0.6) is 0 Å². The summed E-state index contributed by atoms with van der Waals surface area (Å²) >= 11 is 32.3. The molecule has 6 aromatic rings. The van der Waals surface area contributed by atoms with Crippen molar-refractivity contribution < 1.29 is 14.4 Å².